The molecule has 7 nitrogen and oxygen atoms in total. The number of aryl methyl sites for hydroxylation is 1. The summed E-state index contributed by atoms with van der Waals surface area (Å²) >= 11 is 3.39. The summed E-state index contributed by atoms with van der Waals surface area (Å²) in [4.78, 5) is 37.7. The largest absolute Gasteiger partial charge is 0.451 e. The van der Waals surface area contributed by atoms with Gasteiger partial charge in [-0.3, -0.25) is 9.59 Å². The van der Waals surface area contributed by atoms with Crippen LogP contribution in [0.15, 0.2) is 27.1 Å². The minimum Gasteiger partial charge on any atom is -0.451 e. The summed E-state index contributed by atoms with van der Waals surface area (Å²) in [5.41, 5.74) is 2.75. The van der Waals surface area contributed by atoms with E-state index in [-0.39, 0.29) is 5.76 Å². The van der Waals surface area contributed by atoms with Crippen molar-refractivity contribution in [3.8, 4) is 0 Å². The molecule has 1 aliphatic heterocycles. The zero-order valence-electron chi connectivity index (χ0n) is 14.2. The Morgan fingerprint density at radius 1 is 1.27 bits per heavy atom. The maximum absolute atomic E-state index is 12.8. The SMILES string of the molecule is Cc1c(C(=O)NN2C(=O)NC3(CCCCC3)C2=O)oc2ccc(Br)cc12. The van der Waals surface area contributed by atoms with Crippen molar-refractivity contribution in [2.45, 2.75) is 44.6 Å². The van der Waals surface area contributed by atoms with Crippen molar-refractivity contribution in [3.05, 3.63) is 34.0 Å². The summed E-state index contributed by atoms with van der Waals surface area (Å²) in [6.07, 6.45) is 4.00. The van der Waals surface area contributed by atoms with Crippen molar-refractivity contribution in [2.75, 3.05) is 0 Å². The lowest BCUT2D eigenvalue weighted by atomic mass is 9.82. The van der Waals surface area contributed by atoms with E-state index in [1.165, 1.54) is 0 Å². The summed E-state index contributed by atoms with van der Waals surface area (Å²) in [5, 5.41) is 4.35. The van der Waals surface area contributed by atoms with Gasteiger partial charge in [0.1, 0.15) is 11.1 Å². The highest BCUT2D eigenvalue weighted by molar-refractivity contribution is 9.10. The third-order valence-electron chi connectivity index (χ3n) is 5.19. The summed E-state index contributed by atoms with van der Waals surface area (Å²) in [6.45, 7) is 1.77. The number of hydrogen-bond acceptors (Lipinski definition) is 4. The molecule has 1 aromatic carbocycles. The fourth-order valence-corrected chi connectivity index (χ4v) is 4.14. The van der Waals surface area contributed by atoms with E-state index in [1.54, 1.807) is 13.0 Å². The smallest absolute Gasteiger partial charge is 0.344 e. The van der Waals surface area contributed by atoms with Crippen LogP contribution in [0, 0.1) is 6.92 Å². The Balaban J connectivity index is 1.59. The molecule has 2 aromatic rings. The Kier molecular flexibility index (Phi) is 4.02. The highest BCUT2D eigenvalue weighted by Gasteiger charge is 2.52. The molecule has 0 atom stereocenters. The zero-order chi connectivity index (χ0) is 18.5. The Morgan fingerprint density at radius 2 is 2.00 bits per heavy atom. The van der Waals surface area contributed by atoms with Gasteiger partial charge in [-0.25, -0.2) is 10.2 Å². The second-order valence-corrected chi connectivity index (χ2v) is 7.77. The standard InChI is InChI=1S/C18H18BrN3O4/c1-10-12-9-11(19)5-6-13(12)26-14(10)15(23)21-22-16(24)18(20-17(22)25)7-3-2-4-8-18/h5-6,9H,2-4,7-8H2,1H3,(H,20,25)(H,21,23). The number of furan rings is 1. The van der Waals surface area contributed by atoms with Crippen LogP contribution >= 0.6 is 15.9 Å². The van der Waals surface area contributed by atoms with Gasteiger partial charge < -0.3 is 9.73 Å². The highest BCUT2D eigenvalue weighted by atomic mass is 79.9. The van der Waals surface area contributed by atoms with Gasteiger partial charge >= 0.3 is 11.9 Å². The number of nitrogens with one attached hydrogen (secondary N) is 2. The second kappa shape index (κ2) is 6.12. The topological polar surface area (TPSA) is 91.7 Å². The van der Waals surface area contributed by atoms with E-state index < -0.39 is 23.4 Å². The zero-order valence-corrected chi connectivity index (χ0v) is 15.8. The van der Waals surface area contributed by atoms with Crippen LogP contribution in [0.4, 0.5) is 4.79 Å². The number of amides is 4. The number of imide groups is 1. The van der Waals surface area contributed by atoms with E-state index in [0.29, 0.717) is 24.0 Å². The number of nitrogens with zero attached hydrogens (tertiary/aromatic N) is 1. The minimum atomic E-state index is -0.879. The third-order valence-corrected chi connectivity index (χ3v) is 5.68. The van der Waals surface area contributed by atoms with Gasteiger partial charge in [0.05, 0.1) is 0 Å². The van der Waals surface area contributed by atoms with E-state index in [2.05, 4.69) is 26.7 Å². The first kappa shape index (κ1) is 17.1. The van der Waals surface area contributed by atoms with Crippen molar-refractivity contribution in [3.63, 3.8) is 0 Å². The number of halogens is 1. The van der Waals surface area contributed by atoms with Crippen molar-refractivity contribution in [2.24, 2.45) is 0 Å². The van der Waals surface area contributed by atoms with Gasteiger partial charge in [0.25, 0.3) is 5.91 Å². The van der Waals surface area contributed by atoms with Crippen molar-refractivity contribution in [1.82, 2.24) is 15.8 Å². The number of urea groups is 1. The average Bonchev–Trinajstić information content (AvgIpc) is 3.06. The van der Waals surface area contributed by atoms with Gasteiger partial charge in [0.15, 0.2) is 5.76 Å². The number of hydrogen-bond donors (Lipinski definition) is 2. The molecule has 2 heterocycles. The molecule has 8 heteroatoms. The fraction of sp³-hybridized carbons (Fsp3) is 0.389. The van der Waals surface area contributed by atoms with Gasteiger partial charge in [-0.15, -0.1) is 0 Å². The quantitative estimate of drug-likeness (QED) is 0.729. The third kappa shape index (κ3) is 2.59. The molecule has 1 saturated heterocycles. The molecule has 26 heavy (non-hydrogen) atoms. The molecule has 2 aliphatic rings. The van der Waals surface area contributed by atoms with Crippen LogP contribution in [0.1, 0.15) is 48.2 Å². The lowest BCUT2D eigenvalue weighted by Crippen LogP contribution is -2.51. The molecular weight excluding hydrogens is 402 g/mol. The molecule has 1 aliphatic carbocycles. The van der Waals surface area contributed by atoms with Gasteiger partial charge in [-0.1, -0.05) is 35.2 Å². The number of rotatable bonds is 2. The Morgan fingerprint density at radius 3 is 2.73 bits per heavy atom. The summed E-state index contributed by atoms with van der Waals surface area (Å²) in [5.74, 6) is -0.929. The van der Waals surface area contributed by atoms with Crippen molar-refractivity contribution in [1.29, 1.82) is 0 Å². The molecular formula is C18H18BrN3O4. The maximum Gasteiger partial charge on any atom is 0.344 e. The van der Waals surface area contributed by atoms with Crippen LogP contribution in [0.2, 0.25) is 0 Å². The lowest BCUT2D eigenvalue weighted by Gasteiger charge is -2.30. The number of carbonyl (C=O) groups excluding carboxylic acids is 3. The summed E-state index contributed by atoms with van der Waals surface area (Å²) in [6, 6.07) is 4.84. The monoisotopic (exact) mass is 419 g/mol. The molecule has 1 saturated carbocycles. The van der Waals surface area contributed by atoms with Gasteiger partial charge in [-0.2, -0.15) is 5.01 Å². The van der Waals surface area contributed by atoms with Crippen LogP contribution in [-0.4, -0.2) is 28.4 Å². The molecule has 4 amide bonds. The molecule has 1 spiro atoms. The predicted octanol–water partition coefficient (Wildman–Crippen LogP) is 3.40. The Labute approximate surface area is 158 Å². The first-order chi connectivity index (χ1) is 12.4. The Bertz CT molecular complexity index is 930. The van der Waals surface area contributed by atoms with Crippen molar-refractivity contribution >= 4 is 44.7 Å². The molecule has 0 radical (unpaired) electrons. The molecule has 0 bridgehead atoms. The fourth-order valence-electron chi connectivity index (χ4n) is 3.78. The molecule has 136 valence electrons. The Hall–Kier alpha value is -2.35. The molecule has 4 rings (SSSR count). The van der Waals surface area contributed by atoms with Crippen LogP contribution in [-0.2, 0) is 4.79 Å². The van der Waals surface area contributed by atoms with Gasteiger partial charge in [0.2, 0.25) is 0 Å². The van der Waals surface area contributed by atoms with Crippen LogP contribution < -0.4 is 10.7 Å². The number of carbonyl (C=O) groups is 3. The van der Waals surface area contributed by atoms with E-state index in [4.69, 9.17) is 4.42 Å². The number of hydrazine groups is 1. The van der Waals surface area contributed by atoms with Crippen LogP contribution in [0.5, 0.6) is 0 Å². The molecule has 2 fully saturated rings. The maximum atomic E-state index is 12.8. The molecule has 2 N–H and O–H groups in total. The lowest BCUT2D eigenvalue weighted by molar-refractivity contribution is -0.134. The predicted molar refractivity (Wildman–Crippen MR) is 97.3 cm³/mol. The summed E-state index contributed by atoms with van der Waals surface area (Å²) < 4.78 is 6.50. The van der Waals surface area contributed by atoms with Crippen LogP contribution in [0.25, 0.3) is 11.0 Å². The van der Waals surface area contributed by atoms with Crippen molar-refractivity contribution < 1.29 is 18.8 Å². The first-order valence-electron chi connectivity index (χ1n) is 8.58. The van der Waals surface area contributed by atoms with Crippen LogP contribution in [0.3, 0.4) is 0 Å². The molecule has 1 aromatic heterocycles. The normalized spacial score (nSPS) is 19.2. The van der Waals surface area contributed by atoms with E-state index in [1.807, 2.05) is 12.1 Å². The van der Waals surface area contributed by atoms with Gasteiger partial charge in [0, 0.05) is 15.4 Å². The minimum absolute atomic E-state index is 0.0864. The summed E-state index contributed by atoms with van der Waals surface area (Å²) in [7, 11) is 0. The molecule has 0 unspecified atom stereocenters. The number of benzene rings is 1. The van der Waals surface area contributed by atoms with E-state index in [0.717, 1.165) is 34.1 Å². The van der Waals surface area contributed by atoms with Gasteiger partial charge in [-0.05, 0) is 38.0 Å². The average molecular weight is 420 g/mol. The number of fused-ring (bicyclic) bond motifs is 1. The van der Waals surface area contributed by atoms with E-state index in [9.17, 15) is 14.4 Å². The first-order valence-corrected chi connectivity index (χ1v) is 9.37. The van der Waals surface area contributed by atoms with E-state index >= 15 is 0 Å². The highest BCUT2D eigenvalue weighted by Crippen LogP contribution is 2.33. The second-order valence-electron chi connectivity index (χ2n) is 6.85.